The molecule has 0 aromatic carbocycles. The fraction of sp³-hybridized carbons (Fsp3) is 1.00. The lowest BCUT2D eigenvalue weighted by atomic mass is 10.1. The van der Waals surface area contributed by atoms with E-state index >= 15 is 0 Å². The molecule has 0 rings (SSSR count). The third-order valence-corrected chi connectivity index (χ3v) is 1.70. The first-order chi connectivity index (χ1) is 4.81. The third kappa shape index (κ3) is 6.09. The Hall–Kier alpha value is -0.0400. The van der Waals surface area contributed by atoms with Gasteiger partial charge in [0.05, 0.1) is 0 Å². The van der Waals surface area contributed by atoms with Crippen LogP contribution in [0, 0.1) is 5.92 Å². The lowest BCUT2D eigenvalue weighted by Crippen LogP contribution is -2.21. The molecule has 0 fully saturated rings. The number of hydrogen-bond donors (Lipinski definition) is 1. The van der Waals surface area contributed by atoms with E-state index in [0.717, 1.165) is 5.92 Å². The topological polar surface area (TPSA) is 12.0 Å². The van der Waals surface area contributed by atoms with Crippen LogP contribution in [-0.2, 0) is 0 Å². The highest BCUT2D eigenvalue weighted by Gasteiger charge is 1.97. The van der Waals surface area contributed by atoms with Gasteiger partial charge in [0, 0.05) is 0 Å². The maximum Gasteiger partial charge on any atom is -0.00232 e. The standard InChI is InChI=1S/C9H21N/c1-4-6-9(3)8-10-7-5-2/h9-10H,4-8H2,1-3H3. The highest BCUT2D eigenvalue weighted by molar-refractivity contribution is 4.55. The second-order valence-electron chi connectivity index (χ2n) is 3.10. The molecule has 0 saturated carbocycles. The van der Waals surface area contributed by atoms with Gasteiger partial charge < -0.3 is 5.32 Å². The molecule has 1 atom stereocenters. The van der Waals surface area contributed by atoms with E-state index in [2.05, 4.69) is 26.1 Å². The molecular formula is C9H21N. The first-order valence-corrected chi connectivity index (χ1v) is 4.52. The minimum atomic E-state index is 0.858. The molecule has 0 aliphatic heterocycles. The van der Waals surface area contributed by atoms with Crippen LogP contribution in [-0.4, -0.2) is 13.1 Å². The predicted octanol–water partition coefficient (Wildman–Crippen LogP) is 2.42. The molecule has 0 amide bonds. The molecule has 1 heteroatoms. The van der Waals surface area contributed by atoms with E-state index in [1.165, 1.54) is 32.4 Å². The van der Waals surface area contributed by atoms with Gasteiger partial charge in [0.25, 0.3) is 0 Å². The fourth-order valence-electron chi connectivity index (χ4n) is 1.12. The van der Waals surface area contributed by atoms with Gasteiger partial charge in [-0.05, 0) is 31.8 Å². The fourth-order valence-corrected chi connectivity index (χ4v) is 1.12. The van der Waals surface area contributed by atoms with Crippen molar-refractivity contribution in [1.82, 2.24) is 5.32 Å². The first kappa shape index (κ1) is 9.96. The van der Waals surface area contributed by atoms with Crippen molar-refractivity contribution < 1.29 is 0 Å². The Morgan fingerprint density at radius 3 is 2.40 bits per heavy atom. The molecule has 62 valence electrons. The molecule has 0 aliphatic rings. The smallest absolute Gasteiger partial charge is 0.00232 e. The number of hydrogen-bond acceptors (Lipinski definition) is 1. The van der Waals surface area contributed by atoms with Crippen LogP contribution < -0.4 is 5.32 Å². The van der Waals surface area contributed by atoms with Crippen molar-refractivity contribution in [3.05, 3.63) is 0 Å². The van der Waals surface area contributed by atoms with Gasteiger partial charge in [-0.15, -0.1) is 0 Å². The van der Waals surface area contributed by atoms with Crippen molar-refractivity contribution in [2.45, 2.75) is 40.0 Å². The predicted molar refractivity (Wildman–Crippen MR) is 47.2 cm³/mol. The SMILES string of the molecule is CCCNCC(C)CCC. The summed E-state index contributed by atoms with van der Waals surface area (Å²) in [5.74, 6) is 0.858. The van der Waals surface area contributed by atoms with Crippen molar-refractivity contribution in [3.63, 3.8) is 0 Å². The van der Waals surface area contributed by atoms with Crippen LogP contribution in [0.2, 0.25) is 0 Å². The van der Waals surface area contributed by atoms with Gasteiger partial charge >= 0.3 is 0 Å². The van der Waals surface area contributed by atoms with Crippen molar-refractivity contribution in [2.24, 2.45) is 5.92 Å². The molecule has 1 N–H and O–H groups in total. The van der Waals surface area contributed by atoms with E-state index in [4.69, 9.17) is 0 Å². The number of rotatable bonds is 6. The van der Waals surface area contributed by atoms with Crippen LogP contribution in [0.3, 0.4) is 0 Å². The molecular weight excluding hydrogens is 122 g/mol. The zero-order valence-electron chi connectivity index (χ0n) is 7.61. The summed E-state index contributed by atoms with van der Waals surface area (Å²) in [4.78, 5) is 0. The summed E-state index contributed by atoms with van der Waals surface area (Å²) < 4.78 is 0. The summed E-state index contributed by atoms with van der Waals surface area (Å²) >= 11 is 0. The zero-order valence-corrected chi connectivity index (χ0v) is 7.61. The van der Waals surface area contributed by atoms with E-state index in [1.54, 1.807) is 0 Å². The molecule has 0 saturated heterocycles. The summed E-state index contributed by atoms with van der Waals surface area (Å²) in [5.41, 5.74) is 0. The average molecular weight is 143 g/mol. The van der Waals surface area contributed by atoms with Crippen LogP contribution in [0.4, 0.5) is 0 Å². The Bertz CT molecular complexity index is 61.7. The van der Waals surface area contributed by atoms with Crippen molar-refractivity contribution in [1.29, 1.82) is 0 Å². The van der Waals surface area contributed by atoms with E-state index < -0.39 is 0 Å². The molecule has 0 aliphatic carbocycles. The van der Waals surface area contributed by atoms with Crippen LogP contribution in [0.15, 0.2) is 0 Å². The quantitative estimate of drug-likeness (QED) is 0.563. The summed E-state index contributed by atoms with van der Waals surface area (Å²) in [6, 6.07) is 0. The van der Waals surface area contributed by atoms with Gasteiger partial charge in [0.2, 0.25) is 0 Å². The second kappa shape index (κ2) is 7.07. The molecule has 0 radical (unpaired) electrons. The van der Waals surface area contributed by atoms with E-state index in [1.807, 2.05) is 0 Å². The molecule has 0 heterocycles. The second-order valence-corrected chi connectivity index (χ2v) is 3.10. The van der Waals surface area contributed by atoms with Gasteiger partial charge in [0.15, 0.2) is 0 Å². The Kier molecular flexibility index (Phi) is 7.04. The van der Waals surface area contributed by atoms with Gasteiger partial charge in [0.1, 0.15) is 0 Å². The summed E-state index contributed by atoms with van der Waals surface area (Å²) in [7, 11) is 0. The van der Waals surface area contributed by atoms with Crippen LogP contribution >= 0.6 is 0 Å². The van der Waals surface area contributed by atoms with Crippen molar-refractivity contribution in [2.75, 3.05) is 13.1 Å². The highest BCUT2D eigenvalue weighted by Crippen LogP contribution is 2.02. The average Bonchev–Trinajstić information content (AvgIpc) is 1.89. The summed E-state index contributed by atoms with van der Waals surface area (Å²) in [6.45, 7) is 9.13. The normalized spacial score (nSPS) is 13.5. The monoisotopic (exact) mass is 143 g/mol. The maximum atomic E-state index is 3.42. The summed E-state index contributed by atoms with van der Waals surface area (Å²) in [5, 5.41) is 3.42. The Balaban J connectivity index is 2.97. The molecule has 1 unspecified atom stereocenters. The number of nitrogens with one attached hydrogen (secondary N) is 1. The first-order valence-electron chi connectivity index (χ1n) is 4.52. The zero-order chi connectivity index (χ0) is 7.82. The molecule has 0 bridgehead atoms. The van der Waals surface area contributed by atoms with E-state index in [0.29, 0.717) is 0 Å². The Morgan fingerprint density at radius 1 is 1.20 bits per heavy atom. The molecule has 10 heavy (non-hydrogen) atoms. The molecule has 0 aromatic heterocycles. The minimum Gasteiger partial charge on any atom is -0.316 e. The molecule has 0 aromatic rings. The van der Waals surface area contributed by atoms with Crippen LogP contribution in [0.1, 0.15) is 40.0 Å². The van der Waals surface area contributed by atoms with Gasteiger partial charge in [-0.25, -0.2) is 0 Å². The van der Waals surface area contributed by atoms with Crippen LogP contribution in [0.25, 0.3) is 0 Å². The molecule has 1 nitrogen and oxygen atoms in total. The van der Waals surface area contributed by atoms with Gasteiger partial charge in [-0.3, -0.25) is 0 Å². The summed E-state index contributed by atoms with van der Waals surface area (Å²) in [6.07, 6.45) is 3.92. The minimum absolute atomic E-state index is 0.858. The Labute approximate surface area is 65.2 Å². The maximum absolute atomic E-state index is 3.42. The van der Waals surface area contributed by atoms with E-state index in [9.17, 15) is 0 Å². The Morgan fingerprint density at radius 2 is 1.90 bits per heavy atom. The van der Waals surface area contributed by atoms with Crippen molar-refractivity contribution in [3.8, 4) is 0 Å². The van der Waals surface area contributed by atoms with Crippen LogP contribution in [0.5, 0.6) is 0 Å². The van der Waals surface area contributed by atoms with Crippen molar-refractivity contribution >= 4 is 0 Å². The van der Waals surface area contributed by atoms with Gasteiger partial charge in [-0.1, -0.05) is 27.2 Å². The lowest BCUT2D eigenvalue weighted by molar-refractivity contribution is 0.476. The highest BCUT2D eigenvalue weighted by atomic mass is 14.8. The molecule has 0 spiro atoms. The third-order valence-electron chi connectivity index (χ3n) is 1.70. The largest absolute Gasteiger partial charge is 0.316 e. The van der Waals surface area contributed by atoms with Gasteiger partial charge in [-0.2, -0.15) is 0 Å². The lowest BCUT2D eigenvalue weighted by Gasteiger charge is -2.09. The van der Waals surface area contributed by atoms with E-state index in [-0.39, 0.29) is 0 Å².